The molecular formula is C24H25ClF3N5O. The molecule has 1 aliphatic rings. The van der Waals surface area contributed by atoms with Crippen molar-refractivity contribution in [3.8, 4) is 11.1 Å². The number of carbonyl (C=O) groups excluding carboxylic acids is 1. The summed E-state index contributed by atoms with van der Waals surface area (Å²) in [6.45, 7) is 2.68. The van der Waals surface area contributed by atoms with E-state index in [1.807, 2.05) is 19.1 Å². The Morgan fingerprint density at radius 1 is 1.21 bits per heavy atom. The zero-order valence-electron chi connectivity index (χ0n) is 18.5. The van der Waals surface area contributed by atoms with Crippen molar-refractivity contribution in [1.29, 1.82) is 0 Å². The third-order valence-electron chi connectivity index (χ3n) is 6.19. The average Bonchev–Trinajstić information content (AvgIpc) is 3.19. The van der Waals surface area contributed by atoms with Crippen molar-refractivity contribution in [3.63, 3.8) is 0 Å². The van der Waals surface area contributed by atoms with E-state index in [9.17, 15) is 18.0 Å². The van der Waals surface area contributed by atoms with Gasteiger partial charge in [0.2, 0.25) is 0 Å². The fourth-order valence-corrected chi connectivity index (χ4v) is 4.52. The molecule has 3 N–H and O–H groups in total. The Bertz CT molecular complexity index is 1140. The lowest BCUT2D eigenvalue weighted by Gasteiger charge is -2.29. The van der Waals surface area contributed by atoms with Gasteiger partial charge in [0.05, 0.1) is 21.8 Å². The van der Waals surface area contributed by atoms with E-state index in [1.54, 1.807) is 12.4 Å². The second-order valence-corrected chi connectivity index (χ2v) is 8.97. The SMILES string of the molecule is Cc1n[nH]c(NCC2CCC(NC(=O)c3cc(C(F)(F)F)ccc3Cl)CC2)c1-c1cccnc1. The van der Waals surface area contributed by atoms with E-state index in [0.717, 1.165) is 73.1 Å². The van der Waals surface area contributed by atoms with Gasteiger partial charge in [-0.3, -0.25) is 14.9 Å². The monoisotopic (exact) mass is 491 g/mol. The van der Waals surface area contributed by atoms with Gasteiger partial charge in [0.15, 0.2) is 0 Å². The number of aromatic amines is 1. The molecule has 180 valence electrons. The third kappa shape index (κ3) is 5.52. The van der Waals surface area contributed by atoms with Gasteiger partial charge in [0.25, 0.3) is 5.91 Å². The number of alkyl halides is 3. The molecule has 1 saturated carbocycles. The van der Waals surface area contributed by atoms with Crippen molar-refractivity contribution in [2.75, 3.05) is 11.9 Å². The van der Waals surface area contributed by atoms with Crippen LogP contribution in [0.1, 0.15) is 47.3 Å². The number of aromatic nitrogens is 3. The minimum atomic E-state index is -4.53. The molecule has 1 aliphatic carbocycles. The lowest BCUT2D eigenvalue weighted by atomic mass is 9.86. The molecule has 10 heteroatoms. The second-order valence-electron chi connectivity index (χ2n) is 8.57. The zero-order valence-corrected chi connectivity index (χ0v) is 19.3. The van der Waals surface area contributed by atoms with Gasteiger partial charge in [0, 0.05) is 36.1 Å². The number of nitrogens with one attached hydrogen (secondary N) is 3. The van der Waals surface area contributed by atoms with Crippen LogP contribution in [0.2, 0.25) is 5.02 Å². The van der Waals surface area contributed by atoms with Crippen LogP contribution in [-0.4, -0.2) is 33.7 Å². The van der Waals surface area contributed by atoms with E-state index < -0.39 is 17.6 Å². The van der Waals surface area contributed by atoms with Crippen molar-refractivity contribution < 1.29 is 18.0 Å². The summed E-state index contributed by atoms with van der Waals surface area (Å²) in [5.74, 6) is 0.669. The Morgan fingerprint density at radius 3 is 2.65 bits per heavy atom. The highest BCUT2D eigenvalue weighted by atomic mass is 35.5. The lowest BCUT2D eigenvalue weighted by molar-refractivity contribution is -0.137. The van der Waals surface area contributed by atoms with Crippen LogP contribution in [0.15, 0.2) is 42.7 Å². The van der Waals surface area contributed by atoms with E-state index in [1.165, 1.54) is 0 Å². The van der Waals surface area contributed by atoms with Crippen LogP contribution in [0.25, 0.3) is 11.1 Å². The van der Waals surface area contributed by atoms with Crippen LogP contribution in [0, 0.1) is 12.8 Å². The van der Waals surface area contributed by atoms with Crippen molar-refractivity contribution in [3.05, 3.63) is 64.6 Å². The van der Waals surface area contributed by atoms with E-state index >= 15 is 0 Å². The minimum Gasteiger partial charge on any atom is -0.370 e. The first-order valence-electron chi connectivity index (χ1n) is 11.1. The largest absolute Gasteiger partial charge is 0.416 e. The Balaban J connectivity index is 1.31. The molecule has 2 aromatic heterocycles. The number of H-pyrrole nitrogens is 1. The molecule has 34 heavy (non-hydrogen) atoms. The molecule has 3 aromatic rings. The standard InChI is InChI=1S/C24H25ClF3N5O/c1-14-21(16-3-2-10-29-13-16)22(33-32-14)30-12-15-4-7-18(8-5-15)31-23(34)19-11-17(24(26,27)28)6-9-20(19)25/h2-3,6,9-11,13,15,18H,4-5,7-8,12H2,1H3,(H,31,34)(H2,30,32,33). The molecule has 0 saturated heterocycles. The predicted octanol–water partition coefficient (Wildman–Crippen LogP) is 5.85. The second kappa shape index (κ2) is 10.0. The van der Waals surface area contributed by atoms with Gasteiger partial charge >= 0.3 is 6.18 Å². The van der Waals surface area contributed by atoms with Crippen molar-refractivity contribution in [1.82, 2.24) is 20.5 Å². The maximum Gasteiger partial charge on any atom is 0.416 e. The Morgan fingerprint density at radius 2 is 1.97 bits per heavy atom. The first-order chi connectivity index (χ1) is 16.2. The number of anilines is 1. The number of rotatable bonds is 6. The Labute approximate surface area is 200 Å². The maximum atomic E-state index is 13.0. The van der Waals surface area contributed by atoms with Crippen LogP contribution >= 0.6 is 11.6 Å². The summed E-state index contributed by atoms with van der Waals surface area (Å²) in [6.07, 6.45) is 2.23. The normalized spacial score (nSPS) is 18.5. The molecule has 6 nitrogen and oxygen atoms in total. The number of hydrogen-bond donors (Lipinski definition) is 3. The molecule has 1 aromatic carbocycles. The van der Waals surface area contributed by atoms with Crippen LogP contribution in [0.5, 0.6) is 0 Å². The topological polar surface area (TPSA) is 82.7 Å². The number of pyridine rings is 1. The number of carbonyl (C=O) groups is 1. The first kappa shape index (κ1) is 24.1. The van der Waals surface area contributed by atoms with Gasteiger partial charge in [-0.2, -0.15) is 18.3 Å². The average molecular weight is 492 g/mol. The fourth-order valence-electron chi connectivity index (χ4n) is 4.32. The molecule has 2 heterocycles. The lowest BCUT2D eigenvalue weighted by Crippen LogP contribution is -2.38. The van der Waals surface area contributed by atoms with Gasteiger partial charge in [0.1, 0.15) is 5.82 Å². The van der Waals surface area contributed by atoms with Gasteiger partial charge in [-0.1, -0.05) is 17.7 Å². The molecular weight excluding hydrogens is 467 g/mol. The zero-order chi connectivity index (χ0) is 24.3. The van der Waals surface area contributed by atoms with Crippen molar-refractivity contribution >= 4 is 23.3 Å². The van der Waals surface area contributed by atoms with E-state index in [0.29, 0.717) is 5.92 Å². The smallest absolute Gasteiger partial charge is 0.370 e. The van der Waals surface area contributed by atoms with Crippen molar-refractivity contribution in [2.45, 2.75) is 44.8 Å². The van der Waals surface area contributed by atoms with Gasteiger partial charge in [-0.15, -0.1) is 0 Å². The summed E-state index contributed by atoms with van der Waals surface area (Å²) >= 11 is 5.99. The van der Waals surface area contributed by atoms with E-state index in [2.05, 4.69) is 25.8 Å². The maximum absolute atomic E-state index is 13.0. The highest BCUT2D eigenvalue weighted by Crippen LogP contribution is 2.33. The fraction of sp³-hybridized carbons (Fsp3) is 0.375. The molecule has 0 radical (unpaired) electrons. The quantitative estimate of drug-likeness (QED) is 0.404. The molecule has 0 unspecified atom stereocenters. The Kier molecular flexibility index (Phi) is 7.11. The van der Waals surface area contributed by atoms with Gasteiger partial charge < -0.3 is 10.6 Å². The Hall–Kier alpha value is -3.07. The number of hydrogen-bond acceptors (Lipinski definition) is 4. The number of benzene rings is 1. The van der Waals surface area contributed by atoms with Crippen LogP contribution in [-0.2, 0) is 6.18 Å². The van der Waals surface area contributed by atoms with Crippen LogP contribution in [0.4, 0.5) is 19.0 Å². The van der Waals surface area contributed by atoms with Gasteiger partial charge in [-0.05, 0) is 62.8 Å². The highest BCUT2D eigenvalue weighted by molar-refractivity contribution is 6.33. The number of aryl methyl sites for hydroxylation is 1. The van der Waals surface area contributed by atoms with E-state index in [-0.39, 0.29) is 16.6 Å². The summed E-state index contributed by atoms with van der Waals surface area (Å²) in [5, 5.41) is 13.7. The number of nitrogens with zero attached hydrogens (tertiary/aromatic N) is 2. The molecule has 0 atom stereocenters. The molecule has 0 aliphatic heterocycles. The molecule has 1 fully saturated rings. The number of amides is 1. The first-order valence-corrected chi connectivity index (χ1v) is 11.5. The third-order valence-corrected chi connectivity index (χ3v) is 6.51. The summed E-state index contributed by atoms with van der Waals surface area (Å²) in [5.41, 5.74) is 1.81. The highest BCUT2D eigenvalue weighted by Gasteiger charge is 2.32. The van der Waals surface area contributed by atoms with Crippen molar-refractivity contribution in [2.24, 2.45) is 5.92 Å². The summed E-state index contributed by atoms with van der Waals surface area (Å²) in [4.78, 5) is 16.8. The van der Waals surface area contributed by atoms with Crippen LogP contribution in [0.3, 0.4) is 0 Å². The summed E-state index contributed by atoms with van der Waals surface area (Å²) in [6, 6.07) is 6.56. The predicted molar refractivity (Wildman–Crippen MR) is 125 cm³/mol. The van der Waals surface area contributed by atoms with Gasteiger partial charge in [-0.25, -0.2) is 0 Å². The minimum absolute atomic E-state index is 0.00246. The molecule has 4 rings (SSSR count). The summed E-state index contributed by atoms with van der Waals surface area (Å²) in [7, 11) is 0. The number of halogens is 4. The van der Waals surface area contributed by atoms with Crippen LogP contribution < -0.4 is 10.6 Å². The molecule has 0 bridgehead atoms. The van der Waals surface area contributed by atoms with E-state index in [4.69, 9.17) is 11.6 Å². The summed E-state index contributed by atoms with van der Waals surface area (Å²) < 4.78 is 39.0. The molecule has 1 amide bonds. The molecule has 0 spiro atoms.